The van der Waals surface area contributed by atoms with Gasteiger partial charge in [-0.05, 0) is 31.1 Å². The zero-order chi connectivity index (χ0) is 15.5. The molecule has 2 saturated heterocycles. The molecule has 22 heavy (non-hydrogen) atoms. The Hall–Kier alpha value is -0.560. The number of aliphatic imine (C=N–C) groups is 1. The zero-order valence-corrected chi connectivity index (χ0v) is 14.4. The fourth-order valence-corrected chi connectivity index (χ4v) is 8.71. The second-order valence-corrected chi connectivity index (χ2v) is 10.5. The van der Waals surface area contributed by atoms with Gasteiger partial charge in [-0.15, -0.1) is 0 Å². The Bertz CT molecular complexity index is 631. The monoisotopic (exact) mass is 342 g/mol. The molecule has 7 heteroatoms. The first-order valence-electron chi connectivity index (χ1n) is 8.24. The second kappa shape index (κ2) is 5.23. The van der Waals surface area contributed by atoms with Crippen LogP contribution in [0, 0.1) is 11.8 Å². The second-order valence-electron chi connectivity index (χ2n) is 7.09. The van der Waals surface area contributed by atoms with Crippen molar-refractivity contribution in [3.63, 3.8) is 0 Å². The number of carbonyl (C=O) groups excluding carboxylic acids is 1. The van der Waals surface area contributed by atoms with Crippen LogP contribution in [0.3, 0.4) is 0 Å². The molecule has 122 valence electrons. The summed E-state index contributed by atoms with van der Waals surface area (Å²) < 4.78 is 24.0. The van der Waals surface area contributed by atoms with Crippen molar-refractivity contribution < 1.29 is 13.2 Å². The Morgan fingerprint density at radius 3 is 2.73 bits per heavy atom. The van der Waals surface area contributed by atoms with E-state index in [1.54, 1.807) is 0 Å². The Morgan fingerprint density at radius 1 is 1.27 bits per heavy atom. The van der Waals surface area contributed by atoms with Crippen LogP contribution >= 0.6 is 11.8 Å². The summed E-state index contributed by atoms with van der Waals surface area (Å²) in [5.41, 5.74) is 0. The Kier molecular flexibility index (Phi) is 3.56. The van der Waals surface area contributed by atoms with E-state index in [1.807, 2.05) is 6.92 Å². The lowest BCUT2D eigenvalue weighted by atomic mass is 9.93. The number of rotatable bonds is 2. The van der Waals surface area contributed by atoms with Crippen molar-refractivity contribution >= 4 is 32.7 Å². The Morgan fingerprint density at radius 2 is 2.09 bits per heavy atom. The highest BCUT2D eigenvalue weighted by molar-refractivity contribution is 8.15. The summed E-state index contributed by atoms with van der Waals surface area (Å²) in [6.45, 7) is 1.82. The number of fused-ring (bicyclic) bond motifs is 3. The SMILES string of the molecule is CCC(=O)N=C1S[C@H]2CS(=O)(=O)C[C@H]2N1[C@@H]1C[C@@H]2CC[C@@H]1C2. The van der Waals surface area contributed by atoms with Crippen LogP contribution in [0.4, 0.5) is 0 Å². The van der Waals surface area contributed by atoms with Crippen LogP contribution in [0.2, 0.25) is 0 Å². The standard InChI is InChI=1S/C15H22N2O3S2/c1-2-14(18)16-15-17(11-6-9-3-4-10(11)5-9)12-7-22(19,20)8-13(12)21-15/h9-13H,2-8H2,1H3/t9-,10-,11-,12-,13+/m1/s1. The molecule has 4 rings (SSSR count). The lowest BCUT2D eigenvalue weighted by molar-refractivity contribution is -0.117. The van der Waals surface area contributed by atoms with Gasteiger partial charge in [0.25, 0.3) is 0 Å². The smallest absolute Gasteiger partial charge is 0.247 e. The van der Waals surface area contributed by atoms with Gasteiger partial charge in [-0.3, -0.25) is 4.79 Å². The molecule has 4 aliphatic rings. The van der Waals surface area contributed by atoms with Gasteiger partial charge in [0, 0.05) is 17.7 Å². The van der Waals surface area contributed by atoms with E-state index in [9.17, 15) is 13.2 Å². The van der Waals surface area contributed by atoms with E-state index in [1.165, 1.54) is 31.0 Å². The molecule has 2 aliphatic carbocycles. The first kappa shape index (κ1) is 15.0. The first-order chi connectivity index (χ1) is 10.5. The van der Waals surface area contributed by atoms with Gasteiger partial charge in [-0.2, -0.15) is 4.99 Å². The molecule has 0 aromatic heterocycles. The normalized spacial score (nSPS) is 44.0. The van der Waals surface area contributed by atoms with Gasteiger partial charge in [-0.25, -0.2) is 8.42 Å². The molecule has 0 N–H and O–H groups in total. The molecule has 0 spiro atoms. The molecule has 0 radical (unpaired) electrons. The summed E-state index contributed by atoms with van der Waals surface area (Å²) in [4.78, 5) is 18.3. The summed E-state index contributed by atoms with van der Waals surface area (Å²) in [6, 6.07) is 0.431. The highest BCUT2D eigenvalue weighted by Crippen LogP contribution is 2.51. The van der Waals surface area contributed by atoms with Crippen LogP contribution in [-0.4, -0.2) is 53.2 Å². The summed E-state index contributed by atoms with van der Waals surface area (Å²) in [5, 5.41) is 0.863. The van der Waals surface area contributed by atoms with Crippen molar-refractivity contribution in [1.82, 2.24) is 4.90 Å². The molecule has 2 saturated carbocycles. The molecule has 2 heterocycles. The third-order valence-corrected chi connectivity index (χ3v) is 8.91. The molecule has 5 nitrogen and oxygen atoms in total. The number of hydrogen-bond acceptors (Lipinski definition) is 4. The van der Waals surface area contributed by atoms with E-state index in [-0.39, 0.29) is 28.7 Å². The molecule has 1 amide bonds. The van der Waals surface area contributed by atoms with E-state index in [4.69, 9.17) is 0 Å². The lowest BCUT2D eigenvalue weighted by Crippen LogP contribution is -2.47. The highest BCUT2D eigenvalue weighted by atomic mass is 32.2. The molecule has 4 fully saturated rings. The highest BCUT2D eigenvalue weighted by Gasteiger charge is 2.54. The van der Waals surface area contributed by atoms with Crippen molar-refractivity contribution in [2.75, 3.05) is 11.5 Å². The first-order valence-corrected chi connectivity index (χ1v) is 10.9. The Balaban J connectivity index is 1.66. The van der Waals surface area contributed by atoms with Gasteiger partial charge in [0.1, 0.15) is 0 Å². The van der Waals surface area contributed by atoms with Crippen LogP contribution in [0.5, 0.6) is 0 Å². The van der Waals surface area contributed by atoms with E-state index < -0.39 is 9.84 Å². The zero-order valence-electron chi connectivity index (χ0n) is 12.8. The van der Waals surface area contributed by atoms with Gasteiger partial charge in [0.15, 0.2) is 15.0 Å². The largest absolute Gasteiger partial charge is 0.343 e. The van der Waals surface area contributed by atoms with E-state index in [0.29, 0.717) is 18.4 Å². The average molecular weight is 342 g/mol. The predicted octanol–water partition coefficient (Wildman–Crippen LogP) is 1.68. The molecule has 5 atom stereocenters. The molecule has 2 aliphatic heterocycles. The minimum Gasteiger partial charge on any atom is -0.343 e. The number of sulfone groups is 1. The van der Waals surface area contributed by atoms with Gasteiger partial charge >= 0.3 is 0 Å². The van der Waals surface area contributed by atoms with Crippen molar-refractivity contribution in [1.29, 1.82) is 0 Å². The number of thioether (sulfide) groups is 1. The molecule has 0 aromatic carbocycles. The number of hydrogen-bond donors (Lipinski definition) is 0. The van der Waals surface area contributed by atoms with Gasteiger partial charge in [-0.1, -0.05) is 25.1 Å². The van der Waals surface area contributed by atoms with Crippen LogP contribution in [-0.2, 0) is 14.6 Å². The fraction of sp³-hybridized carbons (Fsp3) is 0.867. The average Bonchev–Trinajstić information content (AvgIpc) is 3.17. The van der Waals surface area contributed by atoms with Crippen LogP contribution in [0.1, 0.15) is 39.0 Å². The third kappa shape index (κ3) is 2.40. The molecule has 0 unspecified atom stereocenters. The predicted molar refractivity (Wildman–Crippen MR) is 87.6 cm³/mol. The molecular weight excluding hydrogens is 320 g/mol. The number of amides is 1. The van der Waals surface area contributed by atoms with Crippen LogP contribution in [0.15, 0.2) is 4.99 Å². The molecule has 0 aromatic rings. The minimum atomic E-state index is -2.94. The number of nitrogens with zero attached hydrogens (tertiary/aromatic N) is 2. The van der Waals surface area contributed by atoms with Gasteiger partial charge in [0.2, 0.25) is 5.91 Å². The maximum absolute atomic E-state index is 12.0. The number of carbonyl (C=O) groups is 1. The molecule has 2 bridgehead atoms. The van der Waals surface area contributed by atoms with Crippen LogP contribution < -0.4 is 0 Å². The third-order valence-electron chi connectivity index (χ3n) is 5.69. The summed E-state index contributed by atoms with van der Waals surface area (Å²) >= 11 is 1.53. The quantitative estimate of drug-likeness (QED) is 0.764. The van der Waals surface area contributed by atoms with Crippen molar-refractivity contribution in [2.45, 2.75) is 56.4 Å². The van der Waals surface area contributed by atoms with Crippen molar-refractivity contribution in [2.24, 2.45) is 16.8 Å². The minimum absolute atomic E-state index is 0.0303. The Labute approximate surface area is 135 Å². The summed E-state index contributed by atoms with van der Waals surface area (Å²) in [7, 11) is -2.94. The fourth-order valence-electron chi connectivity index (χ4n) is 4.72. The van der Waals surface area contributed by atoms with Crippen molar-refractivity contribution in [3.8, 4) is 0 Å². The number of amidine groups is 1. The van der Waals surface area contributed by atoms with E-state index >= 15 is 0 Å². The van der Waals surface area contributed by atoms with Crippen LogP contribution in [0.25, 0.3) is 0 Å². The maximum atomic E-state index is 12.0. The summed E-state index contributed by atoms with van der Waals surface area (Å²) in [6.07, 6.45) is 5.38. The topological polar surface area (TPSA) is 66.8 Å². The van der Waals surface area contributed by atoms with Crippen molar-refractivity contribution in [3.05, 3.63) is 0 Å². The van der Waals surface area contributed by atoms with Gasteiger partial charge in [0.05, 0.1) is 17.5 Å². The van der Waals surface area contributed by atoms with E-state index in [2.05, 4.69) is 9.89 Å². The lowest BCUT2D eigenvalue weighted by Gasteiger charge is -2.36. The van der Waals surface area contributed by atoms with E-state index in [0.717, 1.165) is 17.5 Å². The maximum Gasteiger partial charge on any atom is 0.247 e. The summed E-state index contributed by atoms with van der Waals surface area (Å²) in [5.74, 6) is 1.82. The molecular formula is C15H22N2O3S2. The van der Waals surface area contributed by atoms with Gasteiger partial charge < -0.3 is 4.90 Å².